The Morgan fingerprint density at radius 1 is 0.909 bits per heavy atom. The Balaban J connectivity index is 1.60. The maximum Gasteiger partial charge on any atom is 0.245 e. The zero-order valence-electron chi connectivity index (χ0n) is 18.6. The average Bonchev–Trinajstić information content (AvgIpc) is 2.87. The Kier molecular flexibility index (Phi) is 5.70. The minimum absolute atomic E-state index is 0.167. The van der Waals surface area contributed by atoms with Gasteiger partial charge in [-0.05, 0) is 19.3 Å². The Hall–Kier alpha value is -3.49. The summed E-state index contributed by atoms with van der Waals surface area (Å²) in [6.45, 7) is 3.80. The van der Waals surface area contributed by atoms with E-state index >= 15 is 0 Å². The maximum absolute atomic E-state index is 13.4. The van der Waals surface area contributed by atoms with Crippen molar-refractivity contribution in [1.29, 1.82) is 0 Å². The van der Waals surface area contributed by atoms with Crippen molar-refractivity contribution in [3.8, 4) is 11.4 Å². The average molecular weight is 443 g/mol. The molecule has 0 spiro atoms. The van der Waals surface area contributed by atoms with Gasteiger partial charge in [0.25, 0.3) is 0 Å². The summed E-state index contributed by atoms with van der Waals surface area (Å²) in [4.78, 5) is 40.0. The van der Waals surface area contributed by atoms with Crippen LogP contribution in [0, 0.1) is 0 Å². The number of carbonyl (C=O) groups is 2. The van der Waals surface area contributed by atoms with Crippen molar-refractivity contribution in [2.24, 2.45) is 5.73 Å². The number of hydrogen-bond donors (Lipinski definition) is 1. The number of nitrogens with two attached hydrogens (primary N) is 1. The second-order valence-corrected chi connectivity index (χ2v) is 8.38. The highest BCUT2D eigenvalue weighted by atomic mass is 16.1. The van der Waals surface area contributed by atoms with Gasteiger partial charge in [0, 0.05) is 40.9 Å². The quantitative estimate of drug-likeness (QED) is 0.470. The standard InChI is InChI=1S/C25H26N6O2/c1-2-20(26)31(30-13-6-3-7-14-30)25-28-15-27-24(29-25)19-12-8-11-18-21(19)23(33)17-10-5-4-9-16(17)22(18)32/h4-5,8-12,15,20H,2-3,6-7,13-14,26H2,1H3. The van der Waals surface area contributed by atoms with Gasteiger partial charge in [0.15, 0.2) is 17.4 Å². The van der Waals surface area contributed by atoms with Crippen LogP contribution in [0.4, 0.5) is 5.95 Å². The van der Waals surface area contributed by atoms with Gasteiger partial charge in [-0.1, -0.05) is 55.8 Å². The van der Waals surface area contributed by atoms with Crippen LogP contribution in [-0.2, 0) is 0 Å². The fraction of sp³-hybridized carbons (Fsp3) is 0.320. The van der Waals surface area contributed by atoms with E-state index in [1.165, 1.54) is 12.7 Å². The third kappa shape index (κ3) is 3.71. The number of anilines is 1. The number of nitrogens with zero attached hydrogens (tertiary/aromatic N) is 5. The highest BCUT2D eigenvalue weighted by Gasteiger charge is 2.33. The minimum Gasteiger partial charge on any atom is -0.310 e. The molecule has 2 heterocycles. The zero-order valence-corrected chi connectivity index (χ0v) is 18.6. The Bertz CT molecular complexity index is 1220. The van der Waals surface area contributed by atoms with Crippen LogP contribution in [0.3, 0.4) is 0 Å². The summed E-state index contributed by atoms with van der Waals surface area (Å²) in [6.07, 6.45) is 5.27. The smallest absolute Gasteiger partial charge is 0.245 e. The molecule has 2 aromatic carbocycles. The van der Waals surface area contributed by atoms with Crippen LogP contribution in [0.15, 0.2) is 48.8 Å². The number of carbonyl (C=O) groups excluding carboxylic acids is 2. The van der Waals surface area contributed by atoms with Gasteiger partial charge >= 0.3 is 0 Å². The molecule has 168 valence electrons. The van der Waals surface area contributed by atoms with E-state index in [1.54, 1.807) is 42.5 Å². The Morgan fingerprint density at radius 2 is 1.58 bits per heavy atom. The number of ketones is 2. The molecule has 3 aromatic rings. The lowest BCUT2D eigenvalue weighted by Crippen LogP contribution is -2.55. The first-order valence-corrected chi connectivity index (χ1v) is 11.4. The first kappa shape index (κ1) is 21.4. The summed E-state index contributed by atoms with van der Waals surface area (Å²) in [7, 11) is 0. The van der Waals surface area contributed by atoms with Crippen LogP contribution in [0.1, 0.15) is 64.4 Å². The van der Waals surface area contributed by atoms with Crippen LogP contribution < -0.4 is 10.7 Å². The summed E-state index contributed by atoms with van der Waals surface area (Å²) in [5, 5.41) is 4.14. The molecule has 0 saturated carbocycles. The van der Waals surface area contributed by atoms with E-state index in [2.05, 4.69) is 15.0 Å². The number of fused-ring (bicyclic) bond motifs is 2. The SMILES string of the molecule is CCC(N)N(c1ncnc(-c2cccc3c2C(=O)c2ccccc2C3=O)n1)N1CCCCC1. The second kappa shape index (κ2) is 8.80. The van der Waals surface area contributed by atoms with Gasteiger partial charge in [0.2, 0.25) is 5.95 Å². The maximum atomic E-state index is 13.4. The fourth-order valence-corrected chi connectivity index (χ4v) is 4.61. The van der Waals surface area contributed by atoms with E-state index in [9.17, 15) is 9.59 Å². The monoisotopic (exact) mass is 442 g/mol. The molecule has 1 aromatic heterocycles. The Morgan fingerprint density at radius 3 is 2.30 bits per heavy atom. The number of piperidine rings is 1. The summed E-state index contributed by atoms with van der Waals surface area (Å²) in [5.41, 5.74) is 8.51. The summed E-state index contributed by atoms with van der Waals surface area (Å²) in [5.74, 6) is 0.432. The van der Waals surface area contributed by atoms with Crippen LogP contribution in [0.2, 0.25) is 0 Å². The number of hydrogen-bond acceptors (Lipinski definition) is 8. The van der Waals surface area contributed by atoms with E-state index in [0.29, 0.717) is 39.6 Å². The molecule has 1 unspecified atom stereocenters. The van der Waals surface area contributed by atoms with Crippen molar-refractivity contribution in [2.45, 2.75) is 38.8 Å². The van der Waals surface area contributed by atoms with Crippen molar-refractivity contribution >= 4 is 17.5 Å². The van der Waals surface area contributed by atoms with Crippen LogP contribution in [0.25, 0.3) is 11.4 Å². The second-order valence-electron chi connectivity index (χ2n) is 8.38. The molecule has 1 fully saturated rings. The first-order valence-electron chi connectivity index (χ1n) is 11.4. The van der Waals surface area contributed by atoms with Gasteiger partial charge in [-0.25, -0.2) is 9.99 Å². The predicted octanol–water partition coefficient (Wildman–Crippen LogP) is 3.22. The largest absolute Gasteiger partial charge is 0.310 e. The first-order chi connectivity index (χ1) is 16.1. The van der Waals surface area contributed by atoms with Crippen molar-refractivity contribution < 1.29 is 9.59 Å². The lowest BCUT2D eigenvalue weighted by atomic mass is 9.82. The summed E-state index contributed by atoms with van der Waals surface area (Å²) in [6, 6.07) is 12.1. The number of benzene rings is 2. The molecular weight excluding hydrogens is 416 g/mol. The molecule has 8 nitrogen and oxygen atoms in total. The van der Waals surface area contributed by atoms with Crippen molar-refractivity contribution in [3.63, 3.8) is 0 Å². The Labute approximate surface area is 192 Å². The molecule has 2 aliphatic rings. The lowest BCUT2D eigenvalue weighted by molar-refractivity contribution is 0.0979. The van der Waals surface area contributed by atoms with Crippen LogP contribution in [0.5, 0.6) is 0 Å². The van der Waals surface area contributed by atoms with E-state index in [0.717, 1.165) is 32.4 Å². The minimum atomic E-state index is -0.280. The third-order valence-electron chi connectivity index (χ3n) is 6.33. The van der Waals surface area contributed by atoms with Gasteiger partial charge in [-0.2, -0.15) is 9.97 Å². The highest BCUT2D eigenvalue weighted by Crippen LogP contribution is 2.33. The van der Waals surface area contributed by atoms with E-state index in [-0.39, 0.29) is 17.7 Å². The molecular formula is C25H26N6O2. The normalized spacial score (nSPS) is 16.8. The van der Waals surface area contributed by atoms with E-state index in [1.807, 2.05) is 11.9 Å². The molecule has 8 heteroatoms. The highest BCUT2D eigenvalue weighted by molar-refractivity contribution is 6.30. The van der Waals surface area contributed by atoms with E-state index in [4.69, 9.17) is 10.7 Å². The molecule has 1 saturated heterocycles. The van der Waals surface area contributed by atoms with Crippen LogP contribution >= 0.6 is 0 Å². The molecule has 5 rings (SSSR count). The van der Waals surface area contributed by atoms with E-state index < -0.39 is 0 Å². The van der Waals surface area contributed by atoms with Gasteiger partial charge in [-0.15, -0.1) is 0 Å². The molecule has 0 amide bonds. The van der Waals surface area contributed by atoms with Crippen molar-refractivity contribution in [2.75, 3.05) is 18.1 Å². The zero-order chi connectivity index (χ0) is 22.9. The van der Waals surface area contributed by atoms with Gasteiger partial charge in [0.1, 0.15) is 6.33 Å². The number of rotatable bonds is 5. The van der Waals surface area contributed by atoms with Crippen molar-refractivity contribution in [3.05, 3.63) is 71.0 Å². The molecule has 2 N–H and O–H groups in total. The van der Waals surface area contributed by atoms with Crippen LogP contribution in [-0.4, -0.2) is 50.8 Å². The number of aromatic nitrogens is 3. The van der Waals surface area contributed by atoms with Gasteiger partial charge in [-0.3, -0.25) is 14.6 Å². The molecule has 0 bridgehead atoms. The number of hydrazine groups is 1. The summed E-state index contributed by atoms with van der Waals surface area (Å²) >= 11 is 0. The molecule has 0 radical (unpaired) electrons. The lowest BCUT2D eigenvalue weighted by Gasteiger charge is -2.40. The molecule has 33 heavy (non-hydrogen) atoms. The summed E-state index contributed by atoms with van der Waals surface area (Å²) < 4.78 is 0. The molecule has 1 aliphatic carbocycles. The molecule has 1 aliphatic heterocycles. The van der Waals surface area contributed by atoms with Gasteiger partial charge < -0.3 is 5.73 Å². The predicted molar refractivity (Wildman–Crippen MR) is 125 cm³/mol. The van der Waals surface area contributed by atoms with Crippen molar-refractivity contribution in [1.82, 2.24) is 20.0 Å². The van der Waals surface area contributed by atoms with Gasteiger partial charge in [0.05, 0.1) is 6.17 Å². The molecule has 1 atom stereocenters. The third-order valence-corrected chi connectivity index (χ3v) is 6.33. The fourth-order valence-electron chi connectivity index (χ4n) is 4.61. The topological polar surface area (TPSA) is 105 Å².